The molecule has 0 aliphatic rings. The highest BCUT2D eigenvalue weighted by Gasteiger charge is 2.11. The Morgan fingerprint density at radius 2 is 1.25 bits per heavy atom. The highest BCUT2D eigenvalue weighted by atomic mass is 16.1. The highest BCUT2D eigenvalue weighted by molar-refractivity contribution is 5.92. The lowest BCUT2D eigenvalue weighted by molar-refractivity contribution is 0.738. The van der Waals surface area contributed by atoms with Crippen molar-refractivity contribution in [1.29, 1.82) is 0 Å². The van der Waals surface area contributed by atoms with Gasteiger partial charge in [-0.3, -0.25) is 9.36 Å². The Kier molecular flexibility index (Phi) is 5.76. The van der Waals surface area contributed by atoms with E-state index in [1.54, 1.807) is 4.57 Å². The second-order valence-electron chi connectivity index (χ2n) is 8.91. The van der Waals surface area contributed by atoms with Gasteiger partial charge in [-0.1, -0.05) is 91.0 Å². The number of nitrogens with zero attached hydrogens (tertiary/aromatic N) is 3. The maximum Gasteiger partial charge on any atom is 0.261 e. The van der Waals surface area contributed by atoms with Gasteiger partial charge in [0.2, 0.25) is 0 Å². The average Bonchev–Trinajstić information content (AvgIpc) is 3.28. The Hall–Kier alpha value is -4.70. The van der Waals surface area contributed by atoms with Crippen molar-refractivity contribution in [2.75, 3.05) is 0 Å². The molecular weight excluding hydrogens is 442 g/mol. The fourth-order valence-electron chi connectivity index (χ4n) is 4.71. The summed E-state index contributed by atoms with van der Waals surface area (Å²) in [7, 11) is 0. The number of hydrogen-bond acceptors (Lipinski definition) is 2. The normalized spacial score (nSPS) is 11.6. The van der Waals surface area contributed by atoms with Crippen LogP contribution in [0.3, 0.4) is 0 Å². The summed E-state index contributed by atoms with van der Waals surface area (Å²) in [6.07, 6.45) is 6.21. The zero-order valence-corrected chi connectivity index (χ0v) is 19.8. The number of aromatic nitrogens is 3. The van der Waals surface area contributed by atoms with Gasteiger partial charge in [-0.2, -0.15) is 0 Å². The topological polar surface area (TPSA) is 39.8 Å². The van der Waals surface area contributed by atoms with Gasteiger partial charge in [0.15, 0.2) is 0 Å². The number of fused-ring (bicyclic) bond motifs is 2. The van der Waals surface area contributed by atoms with Crippen molar-refractivity contribution >= 4 is 34.0 Å². The van der Waals surface area contributed by atoms with Crippen LogP contribution in [0.1, 0.15) is 22.5 Å². The minimum absolute atomic E-state index is 0.0318. The molecule has 2 aromatic heterocycles. The fraction of sp³-hybridized carbons (Fsp3) is 0.0625. The fourth-order valence-corrected chi connectivity index (χ4v) is 4.71. The largest absolute Gasteiger partial charge is 0.342 e. The maximum atomic E-state index is 13.5. The second-order valence-corrected chi connectivity index (χ2v) is 8.91. The molecule has 0 fully saturated rings. The van der Waals surface area contributed by atoms with Crippen molar-refractivity contribution in [3.05, 3.63) is 148 Å². The van der Waals surface area contributed by atoms with Gasteiger partial charge >= 0.3 is 0 Å². The lowest BCUT2D eigenvalue weighted by Gasteiger charge is -2.11. The van der Waals surface area contributed by atoms with Gasteiger partial charge in [-0.15, -0.1) is 0 Å². The first-order chi connectivity index (χ1) is 17.8. The molecule has 36 heavy (non-hydrogen) atoms. The Morgan fingerprint density at radius 3 is 2.00 bits per heavy atom. The molecule has 6 aromatic rings. The highest BCUT2D eigenvalue weighted by Crippen LogP contribution is 2.24. The Morgan fingerprint density at radius 1 is 0.639 bits per heavy atom. The molecule has 0 aliphatic carbocycles. The molecule has 0 amide bonds. The van der Waals surface area contributed by atoms with E-state index in [4.69, 9.17) is 4.98 Å². The summed E-state index contributed by atoms with van der Waals surface area (Å²) in [4.78, 5) is 18.3. The van der Waals surface area contributed by atoms with Crippen LogP contribution in [0.2, 0.25) is 0 Å². The first kappa shape index (κ1) is 21.8. The standard InChI is InChI=1S/C32H25N3O/c36-32-28-16-7-9-17-29(28)33-31(35(32)22-25-13-5-2-6-14-25)20-19-26-23-34(21-24-11-3-1-4-12-24)30-18-10-8-15-27(26)30/h1-20,23H,21-22H2. The van der Waals surface area contributed by atoms with E-state index in [0.29, 0.717) is 23.3 Å². The van der Waals surface area contributed by atoms with Crippen molar-refractivity contribution in [1.82, 2.24) is 14.1 Å². The number of rotatable bonds is 6. The first-order valence-corrected chi connectivity index (χ1v) is 12.1. The van der Waals surface area contributed by atoms with Crippen LogP contribution < -0.4 is 5.56 Å². The van der Waals surface area contributed by atoms with Crippen LogP contribution in [0.25, 0.3) is 34.0 Å². The van der Waals surface area contributed by atoms with Crippen LogP contribution in [0, 0.1) is 0 Å². The molecular formula is C32H25N3O. The van der Waals surface area contributed by atoms with Crippen LogP contribution in [0.15, 0.2) is 120 Å². The smallest absolute Gasteiger partial charge is 0.261 e. The molecule has 6 rings (SSSR count). The predicted molar refractivity (Wildman–Crippen MR) is 148 cm³/mol. The average molecular weight is 468 g/mol. The van der Waals surface area contributed by atoms with Gasteiger partial charge < -0.3 is 4.57 Å². The molecule has 0 unspecified atom stereocenters. The summed E-state index contributed by atoms with van der Waals surface area (Å²) < 4.78 is 4.03. The van der Waals surface area contributed by atoms with Gasteiger partial charge in [0.1, 0.15) is 5.82 Å². The first-order valence-electron chi connectivity index (χ1n) is 12.1. The van der Waals surface area contributed by atoms with Crippen molar-refractivity contribution in [3.8, 4) is 0 Å². The zero-order chi connectivity index (χ0) is 24.3. The van der Waals surface area contributed by atoms with Crippen LogP contribution >= 0.6 is 0 Å². The number of hydrogen-bond donors (Lipinski definition) is 0. The molecule has 0 spiro atoms. The predicted octanol–water partition coefficient (Wildman–Crippen LogP) is 6.62. The lowest BCUT2D eigenvalue weighted by Crippen LogP contribution is -2.24. The van der Waals surface area contributed by atoms with E-state index in [1.165, 1.54) is 16.5 Å². The summed E-state index contributed by atoms with van der Waals surface area (Å²) >= 11 is 0. The molecule has 0 saturated carbocycles. The van der Waals surface area contributed by atoms with Crippen LogP contribution in [0.5, 0.6) is 0 Å². The molecule has 0 radical (unpaired) electrons. The molecule has 0 atom stereocenters. The van der Waals surface area contributed by atoms with E-state index >= 15 is 0 Å². The van der Waals surface area contributed by atoms with Gasteiger partial charge in [0.05, 0.1) is 17.4 Å². The van der Waals surface area contributed by atoms with Crippen molar-refractivity contribution in [3.63, 3.8) is 0 Å². The van der Waals surface area contributed by atoms with Crippen molar-refractivity contribution < 1.29 is 0 Å². The monoisotopic (exact) mass is 467 g/mol. The van der Waals surface area contributed by atoms with Gasteiger partial charge in [-0.05, 0) is 41.5 Å². The third kappa shape index (κ3) is 4.25. The second kappa shape index (κ2) is 9.51. The molecule has 174 valence electrons. The summed E-state index contributed by atoms with van der Waals surface area (Å²) in [5.74, 6) is 0.641. The van der Waals surface area contributed by atoms with Gasteiger partial charge in [-0.25, -0.2) is 4.98 Å². The van der Waals surface area contributed by atoms with Crippen LogP contribution in [-0.4, -0.2) is 14.1 Å². The maximum absolute atomic E-state index is 13.5. The van der Waals surface area contributed by atoms with E-state index in [1.807, 2.05) is 66.7 Å². The van der Waals surface area contributed by atoms with E-state index in [2.05, 4.69) is 65.4 Å². The molecule has 4 nitrogen and oxygen atoms in total. The van der Waals surface area contributed by atoms with Crippen LogP contribution in [0.4, 0.5) is 0 Å². The minimum atomic E-state index is -0.0318. The van der Waals surface area contributed by atoms with E-state index in [9.17, 15) is 4.79 Å². The molecule has 4 aromatic carbocycles. The van der Waals surface area contributed by atoms with E-state index in [-0.39, 0.29) is 5.56 Å². The Bertz CT molecular complexity index is 1750. The quantitative estimate of drug-likeness (QED) is 0.276. The number of para-hydroxylation sites is 2. The minimum Gasteiger partial charge on any atom is -0.342 e. The van der Waals surface area contributed by atoms with Gasteiger partial charge in [0.25, 0.3) is 5.56 Å². The Balaban J connectivity index is 1.45. The SMILES string of the molecule is O=c1c2ccccc2nc(C=Cc2cn(Cc3ccccc3)c3ccccc23)n1Cc1ccccc1. The zero-order valence-electron chi connectivity index (χ0n) is 19.8. The molecule has 2 heterocycles. The molecule has 0 saturated heterocycles. The van der Waals surface area contributed by atoms with E-state index in [0.717, 1.165) is 17.7 Å². The summed E-state index contributed by atoms with van der Waals surface area (Å²) in [6.45, 7) is 1.26. The number of benzene rings is 4. The van der Waals surface area contributed by atoms with Crippen molar-refractivity contribution in [2.45, 2.75) is 13.1 Å². The third-order valence-electron chi connectivity index (χ3n) is 6.50. The Labute approximate surface area is 209 Å². The molecule has 0 aliphatic heterocycles. The molecule has 0 N–H and O–H groups in total. The third-order valence-corrected chi connectivity index (χ3v) is 6.50. The molecule has 4 heteroatoms. The van der Waals surface area contributed by atoms with E-state index < -0.39 is 0 Å². The summed E-state index contributed by atoms with van der Waals surface area (Å²) in [5.41, 5.74) is 5.25. The van der Waals surface area contributed by atoms with Gasteiger partial charge in [0, 0.05) is 29.2 Å². The van der Waals surface area contributed by atoms with Crippen LogP contribution in [-0.2, 0) is 13.1 Å². The molecule has 0 bridgehead atoms. The lowest BCUT2D eigenvalue weighted by atomic mass is 10.1. The summed E-state index contributed by atoms with van der Waals surface area (Å²) in [5, 5.41) is 1.80. The summed E-state index contributed by atoms with van der Waals surface area (Å²) in [6, 6.07) is 36.5. The van der Waals surface area contributed by atoms with Crippen molar-refractivity contribution in [2.24, 2.45) is 0 Å².